The number of ether oxygens (including phenoxy) is 2. The van der Waals surface area contributed by atoms with Crippen LogP contribution < -0.4 is 9.47 Å². The van der Waals surface area contributed by atoms with E-state index >= 15 is 0 Å². The molecule has 0 aromatic heterocycles. The maximum absolute atomic E-state index is 12.8. The van der Waals surface area contributed by atoms with E-state index < -0.39 is 0 Å². The number of nitrogens with zero attached hydrogens (tertiary/aromatic N) is 2. The molecule has 2 aromatic rings. The van der Waals surface area contributed by atoms with E-state index in [-0.39, 0.29) is 5.91 Å². The molecule has 1 aliphatic rings. The molecule has 0 atom stereocenters. The Morgan fingerprint density at radius 3 is 2.46 bits per heavy atom. The topological polar surface area (TPSA) is 42.0 Å². The Morgan fingerprint density at radius 2 is 1.77 bits per heavy atom. The van der Waals surface area contributed by atoms with Gasteiger partial charge in [-0.25, -0.2) is 0 Å². The molecule has 1 amide bonds. The van der Waals surface area contributed by atoms with Gasteiger partial charge in [-0.2, -0.15) is 0 Å². The Bertz CT molecular complexity index is 768. The van der Waals surface area contributed by atoms with Crippen LogP contribution in [0.3, 0.4) is 0 Å². The van der Waals surface area contributed by atoms with Gasteiger partial charge in [0.2, 0.25) is 0 Å². The first kappa shape index (κ1) is 18.3. The second kappa shape index (κ2) is 8.23. The van der Waals surface area contributed by atoms with Gasteiger partial charge in [-0.15, -0.1) is 0 Å². The fourth-order valence-corrected chi connectivity index (χ4v) is 3.09. The van der Waals surface area contributed by atoms with Crippen LogP contribution >= 0.6 is 0 Å². The average molecular weight is 354 g/mol. The molecular weight excluding hydrogens is 328 g/mol. The minimum atomic E-state index is 0.0675. The number of benzene rings is 2. The second-order valence-corrected chi connectivity index (χ2v) is 6.68. The fraction of sp³-hybridized carbons (Fsp3) is 0.381. The van der Waals surface area contributed by atoms with Crippen LogP contribution in [0.2, 0.25) is 0 Å². The number of carbonyl (C=O) groups is 1. The van der Waals surface area contributed by atoms with Crippen molar-refractivity contribution in [2.45, 2.75) is 13.5 Å². The van der Waals surface area contributed by atoms with Crippen molar-refractivity contribution in [1.29, 1.82) is 0 Å². The fourth-order valence-electron chi connectivity index (χ4n) is 3.09. The highest BCUT2D eigenvalue weighted by molar-refractivity contribution is 5.94. The molecule has 0 spiro atoms. The summed E-state index contributed by atoms with van der Waals surface area (Å²) in [6.07, 6.45) is 0. The number of para-hydroxylation sites is 1. The summed E-state index contributed by atoms with van der Waals surface area (Å²) in [6.45, 7) is 5.71. The van der Waals surface area contributed by atoms with Crippen LogP contribution in [0.1, 0.15) is 21.5 Å². The smallest absolute Gasteiger partial charge is 0.253 e. The van der Waals surface area contributed by atoms with E-state index in [1.165, 1.54) is 0 Å². The number of methoxy groups -OCH3 is 1. The van der Waals surface area contributed by atoms with Gasteiger partial charge >= 0.3 is 0 Å². The molecule has 5 heteroatoms. The average Bonchev–Trinajstić information content (AvgIpc) is 2.67. The Kier molecular flexibility index (Phi) is 5.78. The number of hydrogen-bond donors (Lipinski definition) is 0. The standard InChI is InChI=1S/C21H26N2O3/c1-16-6-4-5-7-19(16)26-15-18-14-17(8-9-20(18)25-3)21(24)23-12-10-22(2)11-13-23/h4-9,14H,10-13,15H2,1-3H3. The molecule has 1 heterocycles. The molecule has 2 aromatic carbocycles. The Morgan fingerprint density at radius 1 is 1.04 bits per heavy atom. The van der Waals surface area contributed by atoms with Crippen molar-refractivity contribution in [2.24, 2.45) is 0 Å². The molecule has 1 fully saturated rings. The van der Waals surface area contributed by atoms with Crippen LogP contribution in [0.25, 0.3) is 0 Å². The Labute approximate surface area is 155 Å². The molecule has 0 bridgehead atoms. The van der Waals surface area contributed by atoms with Gasteiger partial charge in [0.05, 0.1) is 7.11 Å². The first-order valence-electron chi connectivity index (χ1n) is 8.91. The van der Waals surface area contributed by atoms with Gasteiger partial charge in [-0.1, -0.05) is 18.2 Å². The second-order valence-electron chi connectivity index (χ2n) is 6.68. The van der Waals surface area contributed by atoms with Crippen LogP contribution in [-0.4, -0.2) is 56.0 Å². The molecule has 0 aliphatic carbocycles. The van der Waals surface area contributed by atoms with Crippen LogP contribution in [0, 0.1) is 6.92 Å². The highest BCUT2D eigenvalue weighted by atomic mass is 16.5. The van der Waals surface area contributed by atoms with E-state index in [2.05, 4.69) is 11.9 Å². The summed E-state index contributed by atoms with van der Waals surface area (Å²) in [5.41, 5.74) is 2.63. The molecule has 0 saturated carbocycles. The number of likely N-dealkylation sites (N-methyl/N-ethyl adjacent to an activating group) is 1. The SMILES string of the molecule is COc1ccc(C(=O)N2CCN(C)CC2)cc1COc1ccccc1C. The largest absolute Gasteiger partial charge is 0.496 e. The number of aryl methyl sites for hydroxylation is 1. The van der Waals surface area contributed by atoms with Crippen molar-refractivity contribution in [3.63, 3.8) is 0 Å². The van der Waals surface area contributed by atoms with Gasteiger partial charge in [0.1, 0.15) is 18.1 Å². The van der Waals surface area contributed by atoms with Gasteiger partial charge in [0.25, 0.3) is 5.91 Å². The van der Waals surface area contributed by atoms with Crippen molar-refractivity contribution < 1.29 is 14.3 Å². The van der Waals surface area contributed by atoms with Crippen molar-refractivity contribution in [1.82, 2.24) is 9.80 Å². The summed E-state index contributed by atoms with van der Waals surface area (Å²) in [5.74, 6) is 1.64. The molecule has 5 nitrogen and oxygen atoms in total. The van der Waals surface area contributed by atoms with Gasteiger partial charge in [-0.3, -0.25) is 4.79 Å². The predicted octanol–water partition coefficient (Wildman–Crippen LogP) is 2.97. The van der Waals surface area contributed by atoms with E-state index in [1.807, 2.05) is 54.3 Å². The molecule has 1 saturated heterocycles. The van der Waals surface area contributed by atoms with Crippen molar-refractivity contribution >= 4 is 5.91 Å². The quantitative estimate of drug-likeness (QED) is 0.828. The summed E-state index contributed by atoms with van der Waals surface area (Å²) in [5, 5.41) is 0. The maximum Gasteiger partial charge on any atom is 0.253 e. The lowest BCUT2D eigenvalue weighted by atomic mass is 10.1. The van der Waals surface area contributed by atoms with Crippen LogP contribution in [0.4, 0.5) is 0 Å². The number of rotatable bonds is 5. The molecule has 1 aliphatic heterocycles. The monoisotopic (exact) mass is 354 g/mol. The van der Waals surface area contributed by atoms with E-state index in [1.54, 1.807) is 7.11 Å². The lowest BCUT2D eigenvalue weighted by Gasteiger charge is -2.32. The van der Waals surface area contributed by atoms with Crippen LogP contribution in [0.15, 0.2) is 42.5 Å². The summed E-state index contributed by atoms with van der Waals surface area (Å²) in [6, 6.07) is 13.5. The third-order valence-corrected chi connectivity index (χ3v) is 4.79. The highest BCUT2D eigenvalue weighted by Crippen LogP contribution is 2.24. The molecule has 3 rings (SSSR count). The lowest BCUT2D eigenvalue weighted by molar-refractivity contribution is 0.0664. The zero-order valence-corrected chi connectivity index (χ0v) is 15.7. The third-order valence-electron chi connectivity index (χ3n) is 4.79. The van der Waals surface area contributed by atoms with E-state index in [9.17, 15) is 4.79 Å². The number of hydrogen-bond acceptors (Lipinski definition) is 4. The molecular formula is C21H26N2O3. The molecule has 0 unspecified atom stereocenters. The molecule has 26 heavy (non-hydrogen) atoms. The van der Waals surface area contributed by atoms with E-state index in [0.717, 1.165) is 48.8 Å². The number of amides is 1. The molecule has 0 radical (unpaired) electrons. The van der Waals surface area contributed by atoms with Gasteiger partial charge in [0, 0.05) is 37.3 Å². The van der Waals surface area contributed by atoms with Crippen LogP contribution in [0.5, 0.6) is 11.5 Å². The normalized spacial score (nSPS) is 15.0. The predicted molar refractivity (Wildman–Crippen MR) is 102 cm³/mol. The summed E-state index contributed by atoms with van der Waals surface area (Å²) >= 11 is 0. The Hall–Kier alpha value is -2.53. The summed E-state index contributed by atoms with van der Waals surface area (Å²) in [4.78, 5) is 17.0. The van der Waals surface area contributed by atoms with Crippen molar-refractivity contribution in [3.05, 3.63) is 59.2 Å². The van der Waals surface area contributed by atoms with E-state index in [4.69, 9.17) is 9.47 Å². The molecule has 138 valence electrons. The third kappa shape index (κ3) is 4.17. The minimum absolute atomic E-state index is 0.0675. The van der Waals surface area contributed by atoms with Crippen molar-refractivity contribution in [2.75, 3.05) is 40.3 Å². The van der Waals surface area contributed by atoms with Crippen molar-refractivity contribution in [3.8, 4) is 11.5 Å². The zero-order chi connectivity index (χ0) is 18.5. The zero-order valence-electron chi connectivity index (χ0n) is 15.7. The van der Waals surface area contributed by atoms with E-state index in [0.29, 0.717) is 12.2 Å². The van der Waals surface area contributed by atoms with Gasteiger partial charge in [-0.05, 0) is 43.8 Å². The highest BCUT2D eigenvalue weighted by Gasteiger charge is 2.21. The van der Waals surface area contributed by atoms with Gasteiger partial charge in [0.15, 0.2) is 0 Å². The minimum Gasteiger partial charge on any atom is -0.496 e. The lowest BCUT2D eigenvalue weighted by Crippen LogP contribution is -2.47. The number of carbonyl (C=O) groups excluding carboxylic acids is 1. The molecule has 0 N–H and O–H groups in total. The van der Waals surface area contributed by atoms with Crippen LogP contribution in [-0.2, 0) is 6.61 Å². The first-order valence-corrected chi connectivity index (χ1v) is 8.91. The summed E-state index contributed by atoms with van der Waals surface area (Å²) < 4.78 is 11.4. The summed E-state index contributed by atoms with van der Waals surface area (Å²) in [7, 11) is 3.71. The first-order chi connectivity index (χ1) is 12.6. The Balaban J connectivity index is 1.76. The number of piperazine rings is 1. The van der Waals surface area contributed by atoms with Gasteiger partial charge < -0.3 is 19.3 Å². The maximum atomic E-state index is 12.8.